The molecule has 1 aromatic rings. The van der Waals surface area contributed by atoms with Crippen LogP contribution < -0.4 is 10.5 Å². The molecule has 0 aliphatic heterocycles. The number of benzene rings is 1. The summed E-state index contributed by atoms with van der Waals surface area (Å²) in [5, 5.41) is 0. The summed E-state index contributed by atoms with van der Waals surface area (Å²) in [4.78, 5) is 11.8. The zero-order chi connectivity index (χ0) is 13.0. The van der Waals surface area contributed by atoms with Gasteiger partial charge in [0.2, 0.25) is 0 Å². The molecule has 0 bridgehead atoms. The van der Waals surface area contributed by atoms with Gasteiger partial charge in [0.05, 0.1) is 0 Å². The van der Waals surface area contributed by atoms with Gasteiger partial charge < -0.3 is 10.5 Å². The maximum atomic E-state index is 11.8. The lowest BCUT2D eigenvalue weighted by molar-refractivity contribution is -0.136. The Kier molecular flexibility index (Phi) is 4.70. The summed E-state index contributed by atoms with van der Waals surface area (Å²) in [5.41, 5.74) is 7.87. The first-order valence-electron chi connectivity index (χ1n) is 5.95. The van der Waals surface area contributed by atoms with Gasteiger partial charge in [-0.05, 0) is 43.4 Å². The molecule has 0 aliphatic carbocycles. The molecule has 1 unspecified atom stereocenters. The Morgan fingerprint density at radius 2 is 2.00 bits per heavy atom. The standard InChI is InChI=1S/C14H21NO2/c1-9(2)8-12(15)14(16)17-13-7-5-6-10(3)11(13)4/h5-7,9,12H,8,15H2,1-4H3. The first-order valence-corrected chi connectivity index (χ1v) is 5.95. The SMILES string of the molecule is Cc1cccc(OC(=O)C(N)CC(C)C)c1C. The molecule has 0 radical (unpaired) electrons. The Bertz CT molecular complexity index is 399. The molecule has 1 atom stereocenters. The molecule has 94 valence electrons. The minimum atomic E-state index is -0.546. The molecular weight excluding hydrogens is 214 g/mol. The number of nitrogens with two attached hydrogens (primary N) is 1. The zero-order valence-corrected chi connectivity index (χ0v) is 11.0. The van der Waals surface area contributed by atoms with E-state index in [1.807, 2.05) is 39.8 Å². The third kappa shape index (κ3) is 3.86. The second kappa shape index (κ2) is 5.82. The molecule has 0 spiro atoms. The number of ether oxygens (including phenoxy) is 1. The van der Waals surface area contributed by atoms with Crippen molar-refractivity contribution in [2.75, 3.05) is 0 Å². The van der Waals surface area contributed by atoms with Crippen molar-refractivity contribution in [3.63, 3.8) is 0 Å². The molecular formula is C14H21NO2. The molecule has 0 fully saturated rings. The number of carbonyl (C=O) groups is 1. The van der Waals surface area contributed by atoms with Crippen LogP contribution in [0.1, 0.15) is 31.4 Å². The quantitative estimate of drug-likeness (QED) is 0.644. The Morgan fingerprint density at radius 3 is 2.59 bits per heavy atom. The van der Waals surface area contributed by atoms with Gasteiger partial charge in [-0.3, -0.25) is 0 Å². The van der Waals surface area contributed by atoms with E-state index in [9.17, 15) is 4.79 Å². The fraction of sp³-hybridized carbons (Fsp3) is 0.500. The molecule has 0 aliphatic rings. The fourth-order valence-corrected chi connectivity index (χ4v) is 1.62. The van der Waals surface area contributed by atoms with Gasteiger partial charge in [-0.2, -0.15) is 0 Å². The van der Waals surface area contributed by atoms with Crippen molar-refractivity contribution < 1.29 is 9.53 Å². The Balaban J connectivity index is 2.71. The normalized spacial score (nSPS) is 12.6. The van der Waals surface area contributed by atoms with Crippen molar-refractivity contribution in [1.82, 2.24) is 0 Å². The molecule has 1 rings (SSSR count). The maximum Gasteiger partial charge on any atom is 0.328 e. The van der Waals surface area contributed by atoms with Crippen molar-refractivity contribution in [2.45, 2.75) is 40.2 Å². The number of rotatable bonds is 4. The first kappa shape index (κ1) is 13.7. The van der Waals surface area contributed by atoms with Crippen LogP contribution in [-0.4, -0.2) is 12.0 Å². The molecule has 0 aromatic heterocycles. The van der Waals surface area contributed by atoms with Crippen LogP contribution in [0.15, 0.2) is 18.2 Å². The van der Waals surface area contributed by atoms with Crippen LogP contribution >= 0.6 is 0 Å². The summed E-state index contributed by atoms with van der Waals surface area (Å²) in [5.74, 6) is 0.637. The lowest BCUT2D eigenvalue weighted by Gasteiger charge is -2.14. The van der Waals surface area contributed by atoms with E-state index in [2.05, 4.69) is 0 Å². The third-order valence-electron chi connectivity index (χ3n) is 2.79. The van der Waals surface area contributed by atoms with Crippen molar-refractivity contribution in [3.8, 4) is 5.75 Å². The average Bonchev–Trinajstić information content (AvgIpc) is 2.23. The Hall–Kier alpha value is -1.35. The fourth-order valence-electron chi connectivity index (χ4n) is 1.62. The van der Waals surface area contributed by atoms with Crippen LogP contribution in [0, 0.1) is 19.8 Å². The average molecular weight is 235 g/mol. The van der Waals surface area contributed by atoms with Crippen molar-refractivity contribution in [2.24, 2.45) is 11.7 Å². The van der Waals surface area contributed by atoms with Gasteiger partial charge >= 0.3 is 5.97 Å². The highest BCUT2D eigenvalue weighted by atomic mass is 16.5. The number of hydrogen-bond acceptors (Lipinski definition) is 3. The van der Waals surface area contributed by atoms with E-state index < -0.39 is 6.04 Å². The molecule has 0 amide bonds. The van der Waals surface area contributed by atoms with Gasteiger partial charge in [0.15, 0.2) is 0 Å². The highest BCUT2D eigenvalue weighted by Crippen LogP contribution is 2.21. The molecule has 0 saturated carbocycles. The van der Waals surface area contributed by atoms with Crippen LogP contribution in [0.4, 0.5) is 0 Å². The van der Waals surface area contributed by atoms with Gasteiger partial charge in [-0.1, -0.05) is 26.0 Å². The molecule has 3 nitrogen and oxygen atoms in total. The predicted molar refractivity (Wildman–Crippen MR) is 69.0 cm³/mol. The Morgan fingerprint density at radius 1 is 1.35 bits per heavy atom. The van der Waals surface area contributed by atoms with Gasteiger partial charge in [0.25, 0.3) is 0 Å². The summed E-state index contributed by atoms with van der Waals surface area (Å²) in [6.45, 7) is 7.99. The summed E-state index contributed by atoms with van der Waals surface area (Å²) in [6, 6.07) is 5.11. The van der Waals surface area contributed by atoms with E-state index in [1.54, 1.807) is 6.07 Å². The third-order valence-corrected chi connectivity index (χ3v) is 2.79. The van der Waals surface area contributed by atoms with Crippen molar-refractivity contribution in [3.05, 3.63) is 29.3 Å². The smallest absolute Gasteiger partial charge is 0.328 e. The lowest BCUT2D eigenvalue weighted by atomic mass is 10.0. The number of aryl methyl sites for hydroxylation is 1. The molecule has 2 N–H and O–H groups in total. The maximum absolute atomic E-state index is 11.8. The predicted octanol–water partition coefficient (Wildman–Crippen LogP) is 2.58. The molecule has 17 heavy (non-hydrogen) atoms. The number of esters is 1. The summed E-state index contributed by atoms with van der Waals surface area (Å²) in [7, 11) is 0. The van der Waals surface area contributed by atoms with Gasteiger partial charge in [0.1, 0.15) is 11.8 Å². The lowest BCUT2D eigenvalue weighted by Crippen LogP contribution is -2.35. The van der Waals surface area contributed by atoms with Gasteiger partial charge in [-0.25, -0.2) is 4.79 Å². The molecule has 0 heterocycles. The van der Waals surface area contributed by atoms with E-state index in [0.717, 1.165) is 11.1 Å². The second-order valence-electron chi connectivity index (χ2n) is 4.86. The van der Waals surface area contributed by atoms with Gasteiger partial charge in [0, 0.05) is 0 Å². The minimum Gasteiger partial charge on any atom is -0.425 e. The highest BCUT2D eigenvalue weighted by Gasteiger charge is 2.18. The molecule has 3 heteroatoms. The van der Waals surface area contributed by atoms with E-state index in [1.165, 1.54) is 0 Å². The first-order chi connectivity index (χ1) is 7.91. The van der Waals surface area contributed by atoms with E-state index in [-0.39, 0.29) is 5.97 Å². The number of hydrogen-bond donors (Lipinski definition) is 1. The largest absolute Gasteiger partial charge is 0.425 e. The number of carbonyl (C=O) groups excluding carboxylic acids is 1. The second-order valence-corrected chi connectivity index (χ2v) is 4.86. The summed E-state index contributed by atoms with van der Waals surface area (Å²) >= 11 is 0. The van der Waals surface area contributed by atoms with Crippen LogP contribution in [0.5, 0.6) is 5.75 Å². The van der Waals surface area contributed by atoms with Crippen molar-refractivity contribution in [1.29, 1.82) is 0 Å². The summed E-state index contributed by atoms with van der Waals surface area (Å²) in [6.07, 6.45) is 0.643. The van der Waals surface area contributed by atoms with Crippen LogP contribution in [0.25, 0.3) is 0 Å². The molecule has 1 aromatic carbocycles. The van der Waals surface area contributed by atoms with Crippen molar-refractivity contribution >= 4 is 5.97 Å². The monoisotopic (exact) mass is 235 g/mol. The van der Waals surface area contributed by atoms with E-state index >= 15 is 0 Å². The summed E-state index contributed by atoms with van der Waals surface area (Å²) < 4.78 is 5.32. The van der Waals surface area contributed by atoms with Crippen LogP contribution in [0.3, 0.4) is 0 Å². The van der Waals surface area contributed by atoms with Gasteiger partial charge in [-0.15, -0.1) is 0 Å². The topological polar surface area (TPSA) is 52.3 Å². The zero-order valence-electron chi connectivity index (χ0n) is 11.0. The Labute approximate surface area is 103 Å². The van der Waals surface area contributed by atoms with E-state index in [4.69, 9.17) is 10.5 Å². The van der Waals surface area contributed by atoms with E-state index in [0.29, 0.717) is 18.1 Å². The highest BCUT2D eigenvalue weighted by molar-refractivity contribution is 5.78. The molecule has 0 saturated heterocycles. The van der Waals surface area contributed by atoms with Crippen LogP contribution in [-0.2, 0) is 4.79 Å². The minimum absolute atomic E-state index is 0.354. The van der Waals surface area contributed by atoms with Crippen LogP contribution in [0.2, 0.25) is 0 Å².